The van der Waals surface area contributed by atoms with E-state index in [-0.39, 0.29) is 18.6 Å². The molecule has 2 aromatic rings. The number of hydrogen-bond donors (Lipinski definition) is 2. The van der Waals surface area contributed by atoms with Gasteiger partial charge in [-0.2, -0.15) is 0 Å². The first-order valence-corrected chi connectivity index (χ1v) is 7.20. The van der Waals surface area contributed by atoms with E-state index in [1.807, 2.05) is 37.3 Å². The van der Waals surface area contributed by atoms with E-state index in [4.69, 9.17) is 11.6 Å². The molecule has 1 amide bonds. The van der Waals surface area contributed by atoms with Gasteiger partial charge in [-0.15, -0.1) is 0 Å². The average molecular weight is 304 g/mol. The molecule has 0 aliphatic carbocycles. The summed E-state index contributed by atoms with van der Waals surface area (Å²) in [6.45, 7) is 1.70. The third kappa shape index (κ3) is 4.06. The van der Waals surface area contributed by atoms with Crippen LogP contribution in [0.4, 0.5) is 0 Å². The number of nitrogens with one attached hydrogen (secondary N) is 1. The molecule has 0 aliphatic rings. The van der Waals surface area contributed by atoms with Crippen LogP contribution in [0.25, 0.3) is 0 Å². The van der Waals surface area contributed by atoms with Crippen LogP contribution >= 0.6 is 11.6 Å². The van der Waals surface area contributed by atoms with Gasteiger partial charge in [-0.05, 0) is 36.6 Å². The van der Waals surface area contributed by atoms with E-state index in [0.717, 1.165) is 11.1 Å². The predicted molar refractivity (Wildman–Crippen MR) is 84.7 cm³/mol. The number of hydrogen-bond acceptors (Lipinski definition) is 2. The highest BCUT2D eigenvalue weighted by molar-refractivity contribution is 6.31. The van der Waals surface area contributed by atoms with Crippen LogP contribution in [0.3, 0.4) is 0 Å². The summed E-state index contributed by atoms with van der Waals surface area (Å²) in [5, 5.41) is 12.9. The number of rotatable bonds is 5. The van der Waals surface area contributed by atoms with Gasteiger partial charge in [-0.3, -0.25) is 4.79 Å². The third-order valence-electron chi connectivity index (χ3n) is 3.39. The lowest BCUT2D eigenvalue weighted by Crippen LogP contribution is -2.39. The van der Waals surface area contributed by atoms with Crippen molar-refractivity contribution < 1.29 is 9.90 Å². The topological polar surface area (TPSA) is 49.3 Å². The molecule has 0 bridgehead atoms. The molecule has 0 fully saturated rings. The molecule has 0 aliphatic heterocycles. The average Bonchev–Trinajstić information content (AvgIpc) is 2.50. The molecular weight excluding hydrogens is 286 g/mol. The fraction of sp³-hybridized carbons (Fsp3) is 0.235. The molecule has 0 spiro atoms. The highest BCUT2D eigenvalue weighted by atomic mass is 35.5. The molecule has 0 saturated carbocycles. The quantitative estimate of drug-likeness (QED) is 0.892. The fourth-order valence-electron chi connectivity index (χ4n) is 2.18. The van der Waals surface area contributed by atoms with E-state index in [1.54, 1.807) is 18.2 Å². The second kappa shape index (κ2) is 7.25. The molecule has 3 nitrogen and oxygen atoms in total. The van der Waals surface area contributed by atoms with Gasteiger partial charge in [0.2, 0.25) is 0 Å². The largest absolute Gasteiger partial charge is 0.394 e. The van der Waals surface area contributed by atoms with Crippen molar-refractivity contribution in [3.63, 3.8) is 0 Å². The summed E-state index contributed by atoms with van der Waals surface area (Å²) >= 11 is 6.03. The molecule has 110 valence electrons. The first-order valence-electron chi connectivity index (χ1n) is 6.82. The molecule has 2 rings (SSSR count). The van der Waals surface area contributed by atoms with Gasteiger partial charge >= 0.3 is 0 Å². The van der Waals surface area contributed by atoms with Crippen molar-refractivity contribution in [2.24, 2.45) is 0 Å². The minimum atomic E-state index is -0.321. The SMILES string of the molecule is Cc1c(Cl)cccc1C(=O)N[C@H](CO)Cc1ccccc1. The summed E-state index contributed by atoms with van der Waals surface area (Å²) in [6.07, 6.45) is 0.586. The van der Waals surface area contributed by atoms with Crippen molar-refractivity contribution >= 4 is 17.5 Å². The number of benzene rings is 2. The number of carbonyl (C=O) groups is 1. The monoisotopic (exact) mass is 303 g/mol. The summed E-state index contributed by atoms with van der Waals surface area (Å²) in [7, 11) is 0. The van der Waals surface area contributed by atoms with Gasteiger partial charge in [-0.1, -0.05) is 48.0 Å². The first kappa shape index (κ1) is 15.5. The molecule has 1 atom stereocenters. The van der Waals surface area contributed by atoms with Gasteiger partial charge in [-0.25, -0.2) is 0 Å². The summed E-state index contributed by atoms with van der Waals surface area (Å²) < 4.78 is 0. The third-order valence-corrected chi connectivity index (χ3v) is 3.80. The Balaban J connectivity index is 2.08. The van der Waals surface area contributed by atoms with Gasteiger partial charge < -0.3 is 10.4 Å². The first-order chi connectivity index (χ1) is 10.1. The fourth-order valence-corrected chi connectivity index (χ4v) is 2.35. The van der Waals surface area contributed by atoms with E-state index in [9.17, 15) is 9.90 Å². The minimum absolute atomic E-state index is 0.111. The molecule has 0 radical (unpaired) electrons. The van der Waals surface area contributed by atoms with Gasteiger partial charge in [0.1, 0.15) is 0 Å². The van der Waals surface area contributed by atoms with Crippen molar-refractivity contribution in [1.82, 2.24) is 5.32 Å². The zero-order valence-electron chi connectivity index (χ0n) is 11.8. The van der Waals surface area contributed by atoms with Crippen LogP contribution in [0.1, 0.15) is 21.5 Å². The normalized spacial score (nSPS) is 12.0. The van der Waals surface area contributed by atoms with Gasteiger partial charge in [0.05, 0.1) is 12.6 Å². The van der Waals surface area contributed by atoms with Gasteiger partial charge in [0.25, 0.3) is 5.91 Å². The number of amides is 1. The molecule has 4 heteroatoms. The van der Waals surface area contributed by atoms with E-state index >= 15 is 0 Å². The van der Waals surface area contributed by atoms with Crippen molar-refractivity contribution in [3.8, 4) is 0 Å². The summed E-state index contributed by atoms with van der Waals surface area (Å²) in [4.78, 5) is 12.3. The minimum Gasteiger partial charge on any atom is -0.394 e. The lowest BCUT2D eigenvalue weighted by molar-refractivity contribution is 0.0916. The Labute approximate surface area is 129 Å². The maximum absolute atomic E-state index is 12.3. The molecule has 0 saturated heterocycles. The van der Waals surface area contributed by atoms with E-state index in [1.165, 1.54) is 0 Å². The number of aliphatic hydroxyl groups is 1. The van der Waals surface area contributed by atoms with E-state index in [2.05, 4.69) is 5.32 Å². The van der Waals surface area contributed by atoms with Crippen molar-refractivity contribution in [2.75, 3.05) is 6.61 Å². The highest BCUT2D eigenvalue weighted by Gasteiger charge is 2.16. The zero-order chi connectivity index (χ0) is 15.2. The molecule has 21 heavy (non-hydrogen) atoms. The Kier molecular flexibility index (Phi) is 5.37. The summed E-state index contributed by atoms with van der Waals surface area (Å²) in [5.74, 6) is -0.218. The van der Waals surface area contributed by atoms with Crippen molar-refractivity contribution in [2.45, 2.75) is 19.4 Å². The zero-order valence-corrected chi connectivity index (χ0v) is 12.6. The van der Waals surface area contributed by atoms with Crippen LogP contribution in [0.2, 0.25) is 5.02 Å². The Morgan fingerprint density at radius 2 is 1.90 bits per heavy atom. The predicted octanol–water partition coefficient (Wildman–Crippen LogP) is 2.98. The van der Waals surface area contributed by atoms with Crippen molar-refractivity contribution in [1.29, 1.82) is 0 Å². The molecule has 2 aromatic carbocycles. The van der Waals surface area contributed by atoms with Crippen molar-refractivity contribution in [3.05, 3.63) is 70.2 Å². The van der Waals surface area contributed by atoms with Crippen LogP contribution in [-0.2, 0) is 6.42 Å². The molecule has 0 heterocycles. The van der Waals surface area contributed by atoms with Crippen LogP contribution < -0.4 is 5.32 Å². The van der Waals surface area contributed by atoms with Gasteiger partial charge in [0, 0.05) is 10.6 Å². The number of carbonyl (C=O) groups excluding carboxylic acids is 1. The van der Waals surface area contributed by atoms with Crippen LogP contribution in [0.15, 0.2) is 48.5 Å². The number of halogens is 1. The Bertz CT molecular complexity index is 613. The van der Waals surface area contributed by atoms with E-state index in [0.29, 0.717) is 17.0 Å². The lowest BCUT2D eigenvalue weighted by atomic mass is 10.0. The Morgan fingerprint density at radius 3 is 2.57 bits per heavy atom. The number of aliphatic hydroxyl groups excluding tert-OH is 1. The smallest absolute Gasteiger partial charge is 0.251 e. The van der Waals surface area contributed by atoms with Crippen LogP contribution in [0, 0.1) is 6.92 Å². The molecule has 0 unspecified atom stereocenters. The molecular formula is C17H18ClNO2. The molecule has 0 aromatic heterocycles. The second-order valence-electron chi connectivity index (χ2n) is 4.96. The highest BCUT2D eigenvalue weighted by Crippen LogP contribution is 2.18. The Morgan fingerprint density at radius 1 is 1.19 bits per heavy atom. The van der Waals surface area contributed by atoms with Crippen LogP contribution in [-0.4, -0.2) is 23.7 Å². The summed E-state index contributed by atoms with van der Waals surface area (Å²) in [5.41, 5.74) is 2.35. The summed E-state index contributed by atoms with van der Waals surface area (Å²) in [6, 6.07) is 14.7. The maximum Gasteiger partial charge on any atom is 0.251 e. The maximum atomic E-state index is 12.3. The Hall–Kier alpha value is -1.84. The standard InChI is InChI=1S/C17H18ClNO2/c1-12-15(8-5-9-16(12)18)17(21)19-14(11-20)10-13-6-3-2-4-7-13/h2-9,14,20H,10-11H2,1H3,(H,19,21)/t14-/m0/s1. The van der Waals surface area contributed by atoms with E-state index < -0.39 is 0 Å². The van der Waals surface area contributed by atoms with Gasteiger partial charge in [0.15, 0.2) is 0 Å². The molecule has 2 N–H and O–H groups in total. The lowest BCUT2D eigenvalue weighted by Gasteiger charge is -2.17. The van der Waals surface area contributed by atoms with Crippen LogP contribution in [0.5, 0.6) is 0 Å². The second-order valence-corrected chi connectivity index (χ2v) is 5.36.